The fourth-order valence-corrected chi connectivity index (χ4v) is 2.60. The van der Waals surface area contributed by atoms with Gasteiger partial charge in [-0.1, -0.05) is 11.6 Å². The van der Waals surface area contributed by atoms with Crippen molar-refractivity contribution in [2.75, 3.05) is 0 Å². The molecule has 0 saturated heterocycles. The highest BCUT2D eigenvalue weighted by molar-refractivity contribution is 7.16. The van der Waals surface area contributed by atoms with E-state index in [1.54, 1.807) is 12.1 Å². The van der Waals surface area contributed by atoms with E-state index in [2.05, 4.69) is 5.32 Å². The number of nitrogens with zero attached hydrogens (tertiary/aromatic N) is 1. The van der Waals surface area contributed by atoms with Gasteiger partial charge in [0.1, 0.15) is 11.3 Å². The van der Waals surface area contributed by atoms with Crippen LogP contribution in [0.15, 0.2) is 30.3 Å². The lowest BCUT2D eigenvalue weighted by molar-refractivity contribution is -0.385. The molecule has 1 heterocycles. The number of phenolic OH excluding ortho intramolecular Hbond substituents is 1. The number of carbonyl (C=O) groups excluding carboxylic acids is 1. The summed E-state index contributed by atoms with van der Waals surface area (Å²) in [5.41, 5.74) is -0.540. The van der Waals surface area contributed by atoms with Crippen molar-refractivity contribution in [3.05, 3.63) is 55.2 Å². The fourth-order valence-electron chi connectivity index (χ4n) is 1.57. The molecule has 104 valence electrons. The predicted octanol–water partition coefficient (Wildman–Crippen LogP) is 2.95. The molecular formula is C12H9ClN2O4S. The molecule has 0 unspecified atom stereocenters. The van der Waals surface area contributed by atoms with Crippen molar-refractivity contribution < 1.29 is 14.8 Å². The quantitative estimate of drug-likeness (QED) is 0.670. The number of nitrogens with one attached hydrogen (secondary N) is 1. The number of aromatic hydroxyl groups is 1. The van der Waals surface area contributed by atoms with Gasteiger partial charge in [-0.2, -0.15) is 0 Å². The van der Waals surface area contributed by atoms with Crippen LogP contribution in [0, 0.1) is 10.1 Å². The van der Waals surface area contributed by atoms with Crippen LogP contribution in [-0.2, 0) is 6.54 Å². The van der Waals surface area contributed by atoms with Crippen LogP contribution >= 0.6 is 22.9 Å². The van der Waals surface area contributed by atoms with Gasteiger partial charge in [-0.05, 0) is 24.3 Å². The number of nitro groups is 1. The smallest absolute Gasteiger partial charge is 0.282 e. The molecule has 0 aliphatic rings. The Morgan fingerprint density at radius 3 is 2.75 bits per heavy atom. The lowest BCUT2D eigenvalue weighted by atomic mass is 10.1. The highest BCUT2D eigenvalue weighted by Crippen LogP contribution is 2.24. The van der Waals surface area contributed by atoms with E-state index in [4.69, 9.17) is 11.6 Å². The van der Waals surface area contributed by atoms with Gasteiger partial charge in [-0.15, -0.1) is 11.3 Å². The minimum absolute atomic E-state index is 0.183. The molecule has 0 spiro atoms. The van der Waals surface area contributed by atoms with Crippen LogP contribution in [0.1, 0.15) is 15.2 Å². The Kier molecular flexibility index (Phi) is 4.21. The lowest BCUT2D eigenvalue weighted by Crippen LogP contribution is -2.23. The van der Waals surface area contributed by atoms with E-state index in [0.717, 1.165) is 23.1 Å². The molecule has 1 amide bonds. The first-order valence-electron chi connectivity index (χ1n) is 5.47. The summed E-state index contributed by atoms with van der Waals surface area (Å²) in [4.78, 5) is 22.9. The summed E-state index contributed by atoms with van der Waals surface area (Å²) in [5, 5.41) is 22.7. The molecule has 0 aliphatic heterocycles. The van der Waals surface area contributed by atoms with Gasteiger partial charge < -0.3 is 10.4 Å². The maximum atomic E-state index is 11.9. The Balaban J connectivity index is 2.16. The van der Waals surface area contributed by atoms with E-state index in [9.17, 15) is 20.0 Å². The van der Waals surface area contributed by atoms with Crippen molar-refractivity contribution in [1.29, 1.82) is 0 Å². The topological polar surface area (TPSA) is 92.5 Å². The normalized spacial score (nSPS) is 10.2. The molecule has 0 saturated carbocycles. The van der Waals surface area contributed by atoms with E-state index >= 15 is 0 Å². The van der Waals surface area contributed by atoms with Crippen molar-refractivity contribution in [2.45, 2.75) is 6.54 Å². The molecule has 1 aromatic heterocycles. The van der Waals surface area contributed by atoms with E-state index in [-0.39, 0.29) is 23.5 Å². The average molecular weight is 313 g/mol. The number of amides is 1. The SMILES string of the molecule is O=C(NCc1ccc(Cl)s1)c1cc(O)ccc1[N+](=O)[O-]. The molecule has 0 aliphatic carbocycles. The number of hydrogen-bond donors (Lipinski definition) is 2. The van der Waals surface area contributed by atoms with Crippen molar-refractivity contribution in [2.24, 2.45) is 0 Å². The Morgan fingerprint density at radius 2 is 2.15 bits per heavy atom. The molecule has 6 nitrogen and oxygen atoms in total. The maximum Gasteiger partial charge on any atom is 0.282 e. The molecule has 2 rings (SSSR count). The zero-order valence-electron chi connectivity index (χ0n) is 10.00. The third-order valence-electron chi connectivity index (χ3n) is 2.47. The Morgan fingerprint density at radius 1 is 1.40 bits per heavy atom. The van der Waals surface area contributed by atoms with Gasteiger partial charge in [-0.25, -0.2) is 0 Å². The number of carbonyl (C=O) groups is 1. The number of halogens is 1. The molecule has 20 heavy (non-hydrogen) atoms. The van der Waals surface area contributed by atoms with Gasteiger partial charge >= 0.3 is 0 Å². The first kappa shape index (κ1) is 14.3. The van der Waals surface area contributed by atoms with Crippen LogP contribution in [0.2, 0.25) is 4.34 Å². The van der Waals surface area contributed by atoms with E-state index in [1.807, 2.05) is 0 Å². The summed E-state index contributed by atoms with van der Waals surface area (Å²) in [6, 6.07) is 6.77. The van der Waals surface area contributed by atoms with Crippen LogP contribution in [0.25, 0.3) is 0 Å². The summed E-state index contributed by atoms with van der Waals surface area (Å²) in [7, 11) is 0. The second kappa shape index (κ2) is 5.89. The Hall–Kier alpha value is -2.12. The van der Waals surface area contributed by atoms with Gasteiger partial charge in [0.05, 0.1) is 15.8 Å². The van der Waals surface area contributed by atoms with Crippen molar-refractivity contribution >= 4 is 34.5 Å². The van der Waals surface area contributed by atoms with E-state index < -0.39 is 10.8 Å². The predicted molar refractivity (Wildman–Crippen MR) is 75.3 cm³/mol. The Bertz CT molecular complexity index is 671. The largest absolute Gasteiger partial charge is 0.508 e. The number of hydrogen-bond acceptors (Lipinski definition) is 5. The molecule has 2 aromatic rings. The van der Waals surface area contributed by atoms with Crippen LogP contribution in [0.5, 0.6) is 5.75 Å². The first-order chi connectivity index (χ1) is 9.47. The number of benzene rings is 1. The van der Waals surface area contributed by atoms with Gasteiger partial charge in [-0.3, -0.25) is 14.9 Å². The Labute approximate surface area is 122 Å². The van der Waals surface area contributed by atoms with E-state index in [1.165, 1.54) is 11.3 Å². The van der Waals surface area contributed by atoms with E-state index in [0.29, 0.717) is 4.34 Å². The standard InChI is InChI=1S/C12H9ClN2O4S/c13-11-4-2-8(20-11)6-14-12(17)9-5-7(16)1-3-10(9)15(18)19/h1-5,16H,6H2,(H,14,17). The summed E-state index contributed by atoms with van der Waals surface area (Å²) in [5.74, 6) is -0.836. The van der Waals surface area contributed by atoms with Crippen molar-refractivity contribution in [3.8, 4) is 5.75 Å². The van der Waals surface area contributed by atoms with Crippen LogP contribution in [-0.4, -0.2) is 15.9 Å². The van der Waals surface area contributed by atoms with Crippen molar-refractivity contribution in [3.63, 3.8) is 0 Å². The van der Waals surface area contributed by atoms with Gasteiger partial charge in [0.2, 0.25) is 0 Å². The second-order valence-corrected chi connectivity index (χ2v) is 5.65. The molecule has 0 fully saturated rings. The monoisotopic (exact) mass is 312 g/mol. The summed E-state index contributed by atoms with van der Waals surface area (Å²) in [6.07, 6.45) is 0. The van der Waals surface area contributed by atoms with Crippen LogP contribution in [0.4, 0.5) is 5.69 Å². The number of phenols is 1. The van der Waals surface area contributed by atoms with Crippen LogP contribution < -0.4 is 5.32 Å². The molecule has 8 heteroatoms. The molecule has 0 bridgehead atoms. The van der Waals surface area contributed by atoms with Crippen LogP contribution in [0.3, 0.4) is 0 Å². The molecule has 0 radical (unpaired) electrons. The number of thiophene rings is 1. The minimum Gasteiger partial charge on any atom is -0.508 e. The van der Waals surface area contributed by atoms with Gasteiger partial charge in [0, 0.05) is 10.9 Å². The summed E-state index contributed by atoms with van der Waals surface area (Å²) in [6.45, 7) is 0.211. The first-order valence-corrected chi connectivity index (χ1v) is 6.66. The number of nitro benzene ring substituents is 1. The second-order valence-electron chi connectivity index (χ2n) is 3.85. The third kappa shape index (κ3) is 3.25. The molecule has 2 N–H and O–H groups in total. The highest BCUT2D eigenvalue weighted by Gasteiger charge is 2.20. The zero-order chi connectivity index (χ0) is 14.7. The minimum atomic E-state index is -0.670. The fraction of sp³-hybridized carbons (Fsp3) is 0.0833. The highest BCUT2D eigenvalue weighted by atomic mass is 35.5. The van der Waals surface area contributed by atoms with Gasteiger partial charge in [0.15, 0.2) is 0 Å². The third-order valence-corrected chi connectivity index (χ3v) is 3.70. The summed E-state index contributed by atoms with van der Waals surface area (Å²) >= 11 is 7.07. The molecular weight excluding hydrogens is 304 g/mol. The molecule has 1 aromatic carbocycles. The van der Waals surface area contributed by atoms with Gasteiger partial charge in [0.25, 0.3) is 11.6 Å². The summed E-state index contributed by atoms with van der Waals surface area (Å²) < 4.78 is 0.595. The van der Waals surface area contributed by atoms with Crippen molar-refractivity contribution in [1.82, 2.24) is 5.32 Å². The number of rotatable bonds is 4. The zero-order valence-corrected chi connectivity index (χ0v) is 11.6. The maximum absolute atomic E-state index is 11.9. The average Bonchev–Trinajstić information content (AvgIpc) is 2.81. The molecule has 0 atom stereocenters. The lowest BCUT2D eigenvalue weighted by Gasteiger charge is -2.05.